The molecular weight excluding hydrogens is 524 g/mol. The van der Waals surface area contributed by atoms with Gasteiger partial charge in [-0.3, -0.25) is 9.59 Å². The second-order valence-corrected chi connectivity index (χ2v) is 9.42. The average Bonchev–Trinajstić information content (AvgIpc) is 2.98. The van der Waals surface area contributed by atoms with E-state index >= 15 is 0 Å². The third-order valence-corrected chi connectivity index (χ3v) is 6.47. The number of nitrogens with one attached hydrogen (secondary N) is 2. The predicted octanol–water partition coefficient (Wildman–Crippen LogP) is 4.50. The van der Waals surface area contributed by atoms with Gasteiger partial charge in [-0.05, 0) is 66.9 Å². The number of benzene rings is 3. The van der Waals surface area contributed by atoms with Gasteiger partial charge in [-0.15, -0.1) is 0 Å². The first kappa shape index (κ1) is 30.8. The number of ether oxygens (including phenoxy) is 2. The first-order valence-corrected chi connectivity index (χ1v) is 13.2. The lowest BCUT2D eigenvalue weighted by molar-refractivity contribution is -0.134. The number of rotatable bonds is 12. The van der Waals surface area contributed by atoms with Crippen molar-refractivity contribution in [2.75, 3.05) is 56.5 Å². The van der Waals surface area contributed by atoms with E-state index in [4.69, 9.17) is 9.47 Å². The molecule has 0 atom stereocenters. The van der Waals surface area contributed by atoms with Crippen LogP contribution in [0, 0.1) is 6.92 Å². The molecule has 0 bridgehead atoms. The Morgan fingerprint density at radius 3 is 2.15 bits per heavy atom. The maximum Gasteiger partial charge on any atom is 0.337 e. The van der Waals surface area contributed by atoms with Crippen molar-refractivity contribution in [3.05, 3.63) is 89.5 Å². The highest BCUT2D eigenvalue weighted by Crippen LogP contribution is 2.17. The summed E-state index contributed by atoms with van der Waals surface area (Å²) in [6, 6.07) is 20.6. The molecule has 4 amide bonds. The van der Waals surface area contributed by atoms with E-state index in [1.165, 1.54) is 16.9 Å². The molecular formula is C31H36N4O6. The fourth-order valence-corrected chi connectivity index (χ4v) is 4.03. The van der Waals surface area contributed by atoms with Crippen molar-refractivity contribution < 1.29 is 28.7 Å². The van der Waals surface area contributed by atoms with Gasteiger partial charge in [0.25, 0.3) is 0 Å². The van der Waals surface area contributed by atoms with Crippen LogP contribution in [0.25, 0.3) is 0 Å². The lowest BCUT2D eigenvalue weighted by atomic mass is 10.1. The molecule has 0 aliphatic carbocycles. The second-order valence-electron chi connectivity index (χ2n) is 9.42. The molecule has 0 aliphatic heterocycles. The third-order valence-electron chi connectivity index (χ3n) is 6.47. The standard InChI is InChI=1S/C31H36N4O6/c1-22-8-5-6-9-27(22)33-31(39)32-25-14-10-23(11-15-25)20-28(36)35(18-7-19-40-3)21-29(37)34(2)26-16-12-24(13-17-26)30(38)41-4/h5-6,8-17H,7,18-21H2,1-4H3,(H2,32,33,39). The molecule has 0 aromatic heterocycles. The van der Waals surface area contributed by atoms with Crippen LogP contribution >= 0.6 is 0 Å². The van der Waals surface area contributed by atoms with Crippen molar-refractivity contribution in [1.29, 1.82) is 0 Å². The van der Waals surface area contributed by atoms with Crippen LogP contribution in [0.15, 0.2) is 72.8 Å². The summed E-state index contributed by atoms with van der Waals surface area (Å²) in [5.74, 6) is -0.947. The van der Waals surface area contributed by atoms with Gasteiger partial charge in [0, 0.05) is 44.4 Å². The van der Waals surface area contributed by atoms with E-state index in [0.29, 0.717) is 36.5 Å². The molecule has 10 heteroatoms. The summed E-state index contributed by atoms with van der Waals surface area (Å²) in [5, 5.41) is 5.60. The smallest absolute Gasteiger partial charge is 0.337 e. The second kappa shape index (κ2) is 15.2. The molecule has 0 fully saturated rings. The summed E-state index contributed by atoms with van der Waals surface area (Å²) in [5.41, 5.74) is 3.96. The molecule has 3 aromatic carbocycles. The van der Waals surface area contributed by atoms with E-state index in [2.05, 4.69) is 10.6 Å². The Kier molecular flexibility index (Phi) is 11.4. The van der Waals surface area contributed by atoms with Crippen LogP contribution in [0.5, 0.6) is 0 Å². The lowest BCUT2D eigenvalue weighted by Gasteiger charge is -2.25. The van der Waals surface area contributed by atoms with Crippen molar-refractivity contribution in [3.8, 4) is 0 Å². The molecule has 2 N–H and O–H groups in total. The normalized spacial score (nSPS) is 10.4. The highest BCUT2D eigenvalue weighted by molar-refractivity contribution is 6.00. The number of hydrogen-bond donors (Lipinski definition) is 2. The quantitative estimate of drug-likeness (QED) is 0.249. The van der Waals surface area contributed by atoms with Gasteiger partial charge in [0.05, 0.1) is 19.1 Å². The average molecular weight is 561 g/mol. The van der Waals surface area contributed by atoms with Crippen molar-refractivity contribution in [3.63, 3.8) is 0 Å². The molecule has 0 heterocycles. The van der Waals surface area contributed by atoms with E-state index in [1.54, 1.807) is 62.7 Å². The predicted molar refractivity (Wildman–Crippen MR) is 158 cm³/mol. The number of carbonyl (C=O) groups excluding carboxylic acids is 4. The monoisotopic (exact) mass is 560 g/mol. The van der Waals surface area contributed by atoms with Crippen molar-refractivity contribution >= 4 is 40.9 Å². The molecule has 0 radical (unpaired) electrons. The Bertz CT molecular complexity index is 1340. The molecule has 0 spiro atoms. The van der Waals surface area contributed by atoms with Gasteiger partial charge in [0.2, 0.25) is 11.8 Å². The van der Waals surface area contributed by atoms with Gasteiger partial charge in [-0.2, -0.15) is 0 Å². The number of nitrogens with zero attached hydrogens (tertiary/aromatic N) is 2. The highest BCUT2D eigenvalue weighted by atomic mass is 16.5. The molecule has 3 aromatic rings. The number of amides is 4. The van der Waals surface area contributed by atoms with E-state index < -0.39 is 5.97 Å². The Balaban J connectivity index is 1.61. The van der Waals surface area contributed by atoms with Gasteiger partial charge in [-0.1, -0.05) is 30.3 Å². The van der Waals surface area contributed by atoms with Crippen LogP contribution in [-0.2, 0) is 25.5 Å². The molecule has 216 valence electrons. The Hall–Kier alpha value is -4.70. The zero-order chi connectivity index (χ0) is 29.8. The number of methoxy groups -OCH3 is 2. The molecule has 41 heavy (non-hydrogen) atoms. The molecule has 0 saturated heterocycles. The Labute approximate surface area is 240 Å². The summed E-state index contributed by atoms with van der Waals surface area (Å²) in [7, 11) is 4.51. The minimum absolute atomic E-state index is 0.0908. The van der Waals surface area contributed by atoms with Crippen LogP contribution in [0.4, 0.5) is 21.9 Å². The summed E-state index contributed by atoms with van der Waals surface area (Å²) < 4.78 is 9.84. The van der Waals surface area contributed by atoms with Gasteiger partial charge >= 0.3 is 12.0 Å². The zero-order valence-corrected chi connectivity index (χ0v) is 23.8. The molecule has 0 unspecified atom stereocenters. The topological polar surface area (TPSA) is 117 Å². The van der Waals surface area contributed by atoms with Crippen molar-refractivity contribution in [1.82, 2.24) is 4.90 Å². The van der Waals surface area contributed by atoms with Gasteiger partial charge in [0.15, 0.2) is 0 Å². The number of para-hydroxylation sites is 1. The fourth-order valence-electron chi connectivity index (χ4n) is 4.03. The van der Waals surface area contributed by atoms with Crippen LogP contribution in [0.1, 0.15) is 27.9 Å². The first-order valence-electron chi connectivity index (χ1n) is 13.2. The molecule has 0 aliphatic rings. The highest BCUT2D eigenvalue weighted by Gasteiger charge is 2.21. The number of anilines is 3. The largest absolute Gasteiger partial charge is 0.465 e. The number of hydrogen-bond acceptors (Lipinski definition) is 6. The first-order chi connectivity index (χ1) is 19.7. The number of urea groups is 1. The van der Waals surface area contributed by atoms with Gasteiger partial charge in [-0.25, -0.2) is 9.59 Å². The lowest BCUT2D eigenvalue weighted by Crippen LogP contribution is -2.43. The van der Waals surface area contributed by atoms with E-state index in [1.807, 2.05) is 31.2 Å². The maximum absolute atomic E-state index is 13.2. The fraction of sp³-hybridized carbons (Fsp3) is 0.290. The van der Waals surface area contributed by atoms with Crippen LogP contribution in [0.3, 0.4) is 0 Å². The number of esters is 1. The van der Waals surface area contributed by atoms with E-state index in [9.17, 15) is 19.2 Å². The summed E-state index contributed by atoms with van der Waals surface area (Å²) in [6.45, 7) is 2.60. The molecule has 10 nitrogen and oxygen atoms in total. The van der Waals surface area contributed by atoms with Crippen molar-refractivity contribution in [2.24, 2.45) is 0 Å². The molecule has 3 rings (SSSR count). The number of carbonyl (C=O) groups is 4. The summed E-state index contributed by atoms with van der Waals surface area (Å²) in [6.07, 6.45) is 0.666. The number of likely N-dealkylation sites (N-methyl/N-ethyl adjacent to an activating group) is 1. The van der Waals surface area contributed by atoms with Crippen LogP contribution in [0.2, 0.25) is 0 Å². The third kappa shape index (κ3) is 9.18. The zero-order valence-electron chi connectivity index (χ0n) is 23.8. The Morgan fingerprint density at radius 1 is 0.829 bits per heavy atom. The number of aryl methyl sites for hydroxylation is 1. The maximum atomic E-state index is 13.2. The van der Waals surface area contributed by atoms with Gasteiger partial charge < -0.3 is 29.9 Å². The Morgan fingerprint density at radius 2 is 1.51 bits per heavy atom. The van der Waals surface area contributed by atoms with Crippen LogP contribution in [-0.4, -0.2) is 69.7 Å². The molecule has 0 saturated carbocycles. The van der Waals surface area contributed by atoms with E-state index in [-0.39, 0.29) is 30.8 Å². The van der Waals surface area contributed by atoms with Crippen molar-refractivity contribution in [2.45, 2.75) is 19.8 Å². The summed E-state index contributed by atoms with van der Waals surface area (Å²) in [4.78, 5) is 53.3. The SMILES string of the molecule is COCCCN(CC(=O)N(C)c1ccc(C(=O)OC)cc1)C(=O)Cc1ccc(NC(=O)Nc2ccccc2C)cc1. The van der Waals surface area contributed by atoms with Crippen LogP contribution < -0.4 is 15.5 Å². The minimum atomic E-state index is -0.463. The van der Waals surface area contributed by atoms with Gasteiger partial charge in [0.1, 0.15) is 6.54 Å². The minimum Gasteiger partial charge on any atom is -0.465 e. The van der Waals surface area contributed by atoms with E-state index in [0.717, 1.165) is 16.8 Å². The summed E-state index contributed by atoms with van der Waals surface area (Å²) >= 11 is 0.